The van der Waals surface area contributed by atoms with E-state index in [0.29, 0.717) is 6.42 Å². The van der Waals surface area contributed by atoms with Gasteiger partial charge in [-0.15, -0.1) is 13.2 Å². The van der Waals surface area contributed by atoms with Gasteiger partial charge in [0.2, 0.25) is 0 Å². The van der Waals surface area contributed by atoms with E-state index in [1.54, 1.807) is 12.2 Å². The van der Waals surface area contributed by atoms with Gasteiger partial charge in [0.25, 0.3) is 0 Å². The van der Waals surface area contributed by atoms with Crippen LogP contribution in [0.25, 0.3) is 0 Å². The molecule has 14 heavy (non-hydrogen) atoms. The van der Waals surface area contributed by atoms with Gasteiger partial charge in [-0.1, -0.05) is 12.2 Å². The summed E-state index contributed by atoms with van der Waals surface area (Å²) in [5.74, 6) is -0.864. The molecule has 0 aromatic carbocycles. The van der Waals surface area contributed by atoms with Crippen LogP contribution in [0, 0.1) is 11.8 Å². The maximum Gasteiger partial charge on any atom is 0.522 e. The highest BCUT2D eigenvalue weighted by Gasteiger charge is 2.57. The first-order chi connectivity index (χ1) is 6.31. The van der Waals surface area contributed by atoms with Crippen LogP contribution >= 0.6 is 0 Å². The maximum absolute atomic E-state index is 13.8. The van der Waals surface area contributed by atoms with Gasteiger partial charge in [0.15, 0.2) is 0 Å². The van der Waals surface area contributed by atoms with E-state index in [1.165, 1.54) is 6.92 Å². The molecule has 0 aliphatic heterocycles. The molecule has 2 aliphatic carbocycles. The Morgan fingerprint density at radius 3 is 2.43 bits per heavy atom. The van der Waals surface area contributed by atoms with Crippen molar-refractivity contribution in [3.05, 3.63) is 12.2 Å². The van der Waals surface area contributed by atoms with E-state index in [1.807, 2.05) is 0 Å². The van der Waals surface area contributed by atoms with E-state index in [-0.39, 0.29) is 0 Å². The minimum Gasteiger partial charge on any atom is -0.285 e. The van der Waals surface area contributed by atoms with Crippen LogP contribution in [0.15, 0.2) is 12.2 Å². The second kappa shape index (κ2) is 2.72. The van der Waals surface area contributed by atoms with Crippen molar-refractivity contribution in [1.29, 1.82) is 0 Å². The molecule has 2 aliphatic rings. The van der Waals surface area contributed by atoms with Gasteiger partial charge < -0.3 is 0 Å². The topological polar surface area (TPSA) is 9.23 Å². The summed E-state index contributed by atoms with van der Waals surface area (Å²) >= 11 is 0. The van der Waals surface area contributed by atoms with E-state index in [4.69, 9.17) is 0 Å². The summed E-state index contributed by atoms with van der Waals surface area (Å²) in [6, 6.07) is 0. The van der Waals surface area contributed by atoms with E-state index in [0.717, 1.165) is 0 Å². The lowest BCUT2D eigenvalue weighted by Gasteiger charge is -2.31. The number of hydrogen-bond acceptors (Lipinski definition) is 1. The third kappa shape index (κ3) is 1.43. The quantitative estimate of drug-likeness (QED) is 0.477. The molecule has 1 fully saturated rings. The van der Waals surface area contributed by atoms with Gasteiger partial charge in [0.1, 0.15) is 11.8 Å². The Labute approximate surface area is 78.7 Å². The number of hydrogen-bond donors (Lipinski definition) is 0. The van der Waals surface area contributed by atoms with Gasteiger partial charge in [-0.05, 0) is 13.3 Å². The molecule has 0 aromatic rings. The summed E-state index contributed by atoms with van der Waals surface area (Å²) < 4.78 is 53.5. The molecule has 0 N–H and O–H groups in total. The number of ether oxygens (including phenoxy) is 1. The van der Waals surface area contributed by atoms with Gasteiger partial charge in [-0.2, -0.15) is 0 Å². The molecule has 0 spiro atoms. The molecule has 4 unspecified atom stereocenters. The summed E-state index contributed by atoms with van der Waals surface area (Å²) in [6.07, 6.45) is -2.45. The summed E-state index contributed by atoms with van der Waals surface area (Å²) in [5.41, 5.74) is -1.89. The standard InChI is InChI=1S/C9H10F4O/c1-8(10)6-3-2-5(4-6)7(8)14-9(11,12)13/h2-3,5-7H,4H2,1H3. The van der Waals surface area contributed by atoms with E-state index < -0.39 is 30.0 Å². The molecule has 0 aromatic heterocycles. The molecule has 1 nitrogen and oxygen atoms in total. The monoisotopic (exact) mass is 210 g/mol. The first-order valence-electron chi connectivity index (χ1n) is 4.42. The fraction of sp³-hybridized carbons (Fsp3) is 0.778. The van der Waals surface area contributed by atoms with Crippen molar-refractivity contribution in [1.82, 2.24) is 0 Å². The van der Waals surface area contributed by atoms with E-state index in [9.17, 15) is 17.6 Å². The number of alkyl halides is 4. The third-order valence-electron chi connectivity index (χ3n) is 3.05. The zero-order valence-electron chi connectivity index (χ0n) is 7.51. The minimum atomic E-state index is -4.75. The van der Waals surface area contributed by atoms with Crippen molar-refractivity contribution >= 4 is 0 Å². The van der Waals surface area contributed by atoms with E-state index >= 15 is 0 Å². The fourth-order valence-electron chi connectivity index (χ4n) is 2.35. The van der Waals surface area contributed by atoms with Crippen LogP contribution in [0.4, 0.5) is 17.6 Å². The molecular formula is C9H10F4O. The Morgan fingerprint density at radius 1 is 1.36 bits per heavy atom. The van der Waals surface area contributed by atoms with Crippen molar-refractivity contribution < 1.29 is 22.3 Å². The van der Waals surface area contributed by atoms with Gasteiger partial charge >= 0.3 is 6.36 Å². The largest absolute Gasteiger partial charge is 0.522 e. The normalized spacial score (nSPS) is 46.2. The van der Waals surface area contributed by atoms with Crippen LogP contribution in [-0.4, -0.2) is 18.1 Å². The third-order valence-corrected chi connectivity index (χ3v) is 3.05. The van der Waals surface area contributed by atoms with Gasteiger partial charge in [0.05, 0.1) is 0 Å². The number of halogens is 4. The minimum absolute atomic E-state index is 0.424. The van der Waals surface area contributed by atoms with Gasteiger partial charge in [-0.25, -0.2) is 4.39 Å². The van der Waals surface area contributed by atoms with Crippen LogP contribution in [0.3, 0.4) is 0 Å². The first kappa shape index (κ1) is 9.96. The molecule has 2 rings (SSSR count). The van der Waals surface area contributed by atoms with Crippen molar-refractivity contribution in [2.75, 3.05) is 0 Å². The maximum atomic E-state index is 13.8. The lowest BCUT2D eigenvalue weighted by molar-refractivity contribution is -0.356. The Bertz CT molecular complexity index is 268. The fourth-order valence-corrected chi connectivity index (χ4v) is 2.35. The van der Waals surface area contributed by atoms with Crippen molar-refractivity contribution in [2.24, 2.45) is 11.8 Å². The molecule has 0 heterocycles. The average Bonchev–Trinajstić information content (AvgIpc) is 2.51. The molecule has 80 valence electrons. The molecule has 4 atom stereocenters. The smallest absolute Gasteiger partial charge is 0.285 e. The molecular weight excluding hydrogens is 200 g/mol. The van der Waals surface area contributed by atoms with Crippen molar-refractivity contribution in [3.8, 4) is 0 Å². The van der Waals surface area contributed by atoms with Crippen molar-refractivity contribution in [2.45, 2.75) is 31.5 Å². The zero-order chi connectivity index (χ0) is 10.6. The SMILES string of the molecule is CC1(F)C2C=CC(C2)C1OC(F)(F)F. The molecule has 2 bridgehead atoms. The van der Waals surface area contributed by atoms with Crippen molar-refractivity contribution in [3.63, 3.8) is 0 Å². The lowest BCUT2D eigenvalue weighted by atomic mass is 9.89. The number of allylic oxidation sites excluding steroid dienone is 1. The molecule has 1 saturated carbocycles. The van der Waals surface area contributed by atoms with Crippen LogP contribution < -0.4 is 0 Å². The van der Waals surface area contributed by atoms with Crippen LogP contribution in [-0.2, 0) is 4.74 Å². The van der Waals surface area contributed by atoms with Crippen LogP contribution in [0.5, 0.6) is 0 Å². The Morgan fingerprint density at radius 2 is 2.00 bits per heavy atom. The van der Waals surface area contributed by atoms with Crippen LogP contribution in [0.1, 0.15) is 13.3 Å². The van der Waals surface area contributed by atoms with Gasteiger partial charge in [0, 0.05) is 11.8 Å². The van der Waals surface area contributed by atoms with Gasteiger partial charge in [-0.3, -0.25) is 4.74 Å². The second-order valence-corrected chi connectivity index (χ2v) is 4.03. The first-order valence-corrected chi connectivity index (χ1v) is 4.42. The molecule has 0 radical (unpaired) electrons. The highest BCUT2D eigenvalue weighted by molar-refractivity contribution is 5.20. The van der Waals surface area contributed by atoms with E-state index in [2.05, 4.69) is 4.74 Å². The molecule has 0 saturated heterocycles. The average molecular weight is 210 g/mol. The highest BCUT2D eigenvalue weighted by atomic mass is 19.4. The summed E-state index contributed by atoms with van der Waals surface area (Å²) in [4.78, 5) is 0. The Balaban J connectivity index is 2.16. The molecule has 5 heteroatoms. The number of fused-ring (bicyclic) bond motifs is 2. The summed E-state index contributed by atoms with van der Waals surface area (Å²) in [6.45, 7) is 1.18. The predicted molar refractivity (Wildman–Crippen MR) is 41.2 cm³/mol. The zero-order valence-corrected chi connectivity index (χ0v) is 7.51. The predicted octanol–water partition coefficient (Wildman–Crippen LogP) is 2.83. The molecule has 0 amide bonds. The summed E-state index contributed by atoms with van der Waals surface area (Å²) in [7, 11) is 0. The second-order valence-electron chi connectivity index (χ2n) is 4.03. The highest BCUT2D eigenvalue weighted by Crippen LogP contribution is 2.51. The summed E-state index contributed by atoms with van der Waals surface area (Å²) in [5, 5.41) is 0. The Hall–Kier alpha value is -0.580. The van der Waals surface area contributed by atoms with Crippen LogP contribution in [0.2, 0.25) is 0 Å². The number of rotatable bonds is 1. The lowest BCUT2D eigenvalue weighted by Crippen LogP contribution is -2.43. The Kier molecular flexibility index (Phi) is 1.93.